The van der Waals surface area contributed by atoms with E-state index in [1.54, 1.807) is 0 Å². The van der Waals surface area contributed by atoms with Gasteiger partial charge in [0.25, 0.3) is 0 Å². The lowest BCUT2D eigenvalue weighted by atomic mass is 10.0. The van der Waals surface area contributed by atoms with Crippen molar-refractivity contribution < 1.29 is 18.0 Å². The van der Waals surface area contributed by atoms with E-state index < -0.39 is 11.7 Å². The molecular formula is C17H24F3N3O. The summed E-state index contributed by atoms with van der Waals surface area (Å²) in [7, 11) is 0. The SMILES string of the molecule is CC(C)CN1CCC(NC(=O)Nc2ccc(C(F)(F)F)cc2)CC1. The van der Waals surface area contributed by atoms with Crippen molar-refractivity contribution in [3.8, 4) is 0 Å². The van der Waals surface area contributed by atoms with E-state index in [1.165, 1.54) is 12.1 Å². The van der Waals surface area contributed by atoms with Gasteiger partial charge in [0.05, 0.1) is 5.56 Å². The molecule has 1 saturated heterocycles. The first-order valence-corrected chi connectivity index (χ1v) is 8.21. The second kappa shape index (κ2) is 7.88. The standard InChI is InChI=1S/C17H24F3N3O/c1-12(2)11-23-9-7-15(8-10-23)22-16(24)21-14-5-3-13(4-6-14)17(18,19)20/h3-6,12,15H,7-11H2,1-2H3,(H2,21,22,24). The van der Waals surface area contributed by atoms with Gasteiger partial charge in [-0.25, -0.2) is 4.79 Å². The predicted molar refractivity (Wildman–Crippen MR) is 87.9 cm³/mol. The van der Waals surface area contributed by atoms with E-state index in [4.69, 9.17) is 0 Å². The zero-order chi connectivity index (χ0) is 17.7. The molecule has 1 aliphatic heterocycles. The maximum Gasteiger partial charge on any atom is 0.416 e. The van der Waals surface area contributed by atoms with Crippen molar-refractivity contribution >= 4 is 11.7 Å². The molecule has 134 valence electrons. The van der Waals surface area contributed by atoms with Crippen molar-refractivity contribution in [1.29, 1.82) is 0 Å². The summed E-state index contributed by atoms with van der Waals surface area (Å²) in [4.78, 5) is 14.3. The number of carbonyl (C=O) groups excluding carboxylic acids is 1. The molecule has 0 aliphatic carbocycles. The first kappa shape index (κ1) is 18.6. The fourth-order valence-electron chi connectivity index (χ4n) is 2.87. The minimum Gasteiger partial charge on any atom is -0.335 e. The molecule has 0 saturated carbocycles. The Kier molecular flexibility index (Phi) is 6.10. The van der Waals surface area contributed by atoms with Crippen molar-refractivity contribution in [1.82, 2.24) is 10.2 Å². The minimum absolute atomic E-state index is 0.0999. The Morgan fingerprint density at radius 2 is 1.79 bits per heavy atom. The van der Waals surface area contributed by atoms with Gasteiger partial charge in [-0.1, -0.05) is 13.8 Å². The van der Waals surface area contributed by atoms with Crippen LogP contribution in [0.4, 0.5) is 23.7 Å². The van der Waals surface area contributed by atoms with Gasteiger partial charge in [-0.3, -0.25) is 0 Å². The molecule has 1 fully saturated rings. The highest BCUT2D eigenvalue weighted by Gasteiger charge is 2.30. The van der Waals surface area contributed by atoms with E-state index in [0.717, 1.165) is 44.6 Å². The number of alkyl halides is 3. The third kappa shape index (κ3) is 5.70. The van der Waals surface area contributed by atoms with E-state index in [9.17, 15) is 18.0 Å². The molecule has 0 atom stereocenters. The smallest absolute Gasteiger partial charge is 0.335 e. The number of likely N-dealkylation sites (tertiary alicyclic amines) is 1. The van der Waals surface area contributed by atoms with Gasteiger partial charge in [-0.05, 0) is 43.0 Å². The zero-order valence-electron chi connectivity index (χ0n) is 14.0. The van der Waals surface area contributed by atoms with Gasteiger partial charge >= 0.3 is 12.2 Å². The summed E-state index contributed by atoms with van der Waals surface area (Å²) in [5, 5.41) is 5.47. The van der Waals surface area contributed by atoms with Crippen LogP contribution in [0.25, 0.3) is 0 Å². The zero-order valence-corrected chi connectivity index (χ0v) is 14.0. The Balaban J connectivity index is 1.78. The third-order valence-electron chi connectivity index (χ3n) is 4.02. The summed E-state index contributed by atoms with van der Waals surface area (Å²) in [6.45, 7) is 7.32. The number of halogens is 3. The van der Waals surface area contributed by atoms with Crippen LogP contribution < -0.4 is 10.6 Å². The molecule has 0 aromatic heterocycles. The number of urea groups is 1. The third-order valence-corrected chi connectivity index (χ3v) is 4.02. The summed E-state index contributed by atoms with van der Waals surface area (Å²) in [5.41, 5.74) is -0.385. The fourth-order valence-corrected chi connectivity index (χ4v) is 2.87. The largest absolute Gasteiger partial charge is 0.416 e. The molecule has 4 nitrogen and oxygen atoms in total. The van der Waals surface area contributed by atoms with Crippen molar-refractivity contribution in [3.05, 3.63) is 29.8 Å². The molecule has 2 rings (SSSR count). The maximum atomic E-state index is 12.5. The number of hydrogen-bond acceptors (Lipinski definition) is 2. The Morgan fingerprint density at radius 3 is 2.29 bits per heavy atom. The van der Waals surface area contributed by atoms with E-state index >= 15 is 0 Å². The lowest BCUT2D eigenvalue weighted by Gasteiger charge is -2.33. The van der Waals surface area contributed by atoms with Gasteiger partial charge in [0.1, 0.15) is 0 Å². The van der Waals surface area contributed by atoms with Gasteiger partial charge in [0.2, 0.25) is 0 Å². The van der Waals surface area contributed by atoms with Crippen LogP contribution in [0.5, 0.6) is 0 Å². The quantitative estimate of drug-likeness (QED) is 0.869. The Bertz CT molecular complexity index is 535. The Morgan fingerprint density at radius 1 is 1.21 bits per heavy atom. The number of nitrogens with one attached hydrogen (secondary N) is 2. The van der Waals surface area contributed by atoms with Crippen LogP contribution >= 0.6 is 0 Å². The fraction of sp³-hybridized carbons (Fsp3) is 0.588. The molecule has 0 radical (unpaired) electrons. The average Bonchev–Trinajstić information content (AvgIpc) is 2.48. The molecule has 0 unspecified atom stereocenters. The minimum atomic E-state index is -4.37. The molecule has 7 heteroatoms. The van der Waals surface area contributed by atoms with Gasteiger partial charge < -0.3 is 15.5 Å². The van der Waals surface area contributed by atoms with Gasteiger partial charge in [0, 0.05) is 31.4 Å². The number of benzene rings is 1. The first-order chi connectivity index (χ1) is 11.2. The number of carbonyl (C=O) groups is 1. The number of nitrogens with zero attached hydrogens (tertiary/aromatic N) is 1. The van der Waals surface area contributed by atoms with E-state index in [1.807, 2.05) is 0 Å². The lowest BCUT2D eigenvalue weighted by Crippen LogP contribution is -2.46. The van der Waals surface area contributed by atoms with Crippen LogP contribution in [0.3, 0.4) is 0 Å². The number of piperidine rings is 1. The maximum absolute atomic E-state index is 12.5. The number of anilines is 1. The molecule has 1 aliphatic rings. The van der Waals surface area contributed by atoms with Crippen LogP contribution in [0.2, 0.25) is 0 Å². The molecule has 1 heterocycles. The van der Waals surface area contributed by atoms with Crippen LogP contribution in [0.15, 0.2) is 24.3 Å². The van der Waals surface area contributed by atoms with Crippen LogP contribution in [0.1, 0.15) is 32.3 Å². The predicted octanol–water partition coefficient (Wildman–Crippen LogP) is 3.95. The van der Waals surface area contributed by atoms with Crippen molar-refractivity contribution in [2.45, 2.75) is 38.9 Å². The summed E-state index contributed by atoms with van der Waals surface area (Å²) in [5.74, 6) is 0.623. The van der Waals surface area contributed by atoms with E-state index in [-0.39, 0.29) is 12.1 Å². The molecule has 0 spiro atoms. The lowest BCUT2D eigenvalue weighted by molar-refractivity contribution is -0.137. The summed E-state index contributed by atoms with van der Waals surface area (Å²) < 4.78 is 37.5. The van der Waals surface area contributed by atoms with Crippen LogP contribution in [-0.4, -0.2) is 36.6 Å². The van der Waals surface area contributed by atoms with Crippen LogP contribution in [-0.2, 0) is 6.18 Å². The van der Waals surface area contributed by atoms with Gasteiger partial charge in [-0.2, -0.15) is 13.2 Å². The highest BCUT2D eigenvalue weighted by molar-refractivity contribution is 5.89. The summed E-state index contributed by atoms with van der Waals surface area (Å²) >= 11 is 0. The second-order valence-corrected chi connectivity index (χ2v) is 6.64. The van der Waals surface area contributed by atoms with Crippen molar-refractivity contribution in [2.75, 3.05) is 25.0 Å². The molecular weight excluding hydrogens is 319 g/mol. The molecule has 1 aromatic carbocycles. The van der Waals surface area contributed by atoms with E-state index in [2.05, 4.69) is 29.4 Å². The summed E-state index contributed by atoms with van der Waals surface area (Å²) in [6, 6.07) is 4.15. The van der Waals surface area contributed by atoms with Gasteiger partial charge in [-0.15, -0.1) is 0 Å². The normalized spacial score (nSPS) is 17.1. The first-order valence-electron chi connectivity index (χ1n) is 8.21. The monoisotopic (exact) mass is 343 g/mol. The molecule has 2 N–H and O–H groups in total. The Hall–Kier alpha value is -1.76. The molecule has 1 aromatic rings. The van der Waals surface area contributed by atoms with Crippen molar-refractivity contribution in [3.63, 3.8) is 0 Å². The molecule has 2 amide bonds. The summed E-state index contributed by atoms with van der Waals surface area (Å²) in [6.07, 6.45) is -2.61. The van der Waals surface area contributed by atoms with E-state index in [0.29, 0.717) is 11.6 Å². The highest BCUT2D eigenvalue weighted by Crippen LogP contribution is 2.29. The number of rotatable bonds is 4. The second-order valence-electron chi connectivity index (χ2n) is 6.64. The van der Waals surface area contributed by atoms with Crippen LogP contribution in [0, 0.1) is 5.92 Å². The molecule has 0 bridgehead atoms. The topological polar surface area (TPSA) is 44.4 Å². The average molecular weight is 343 g/mol. The molecule has 24 heavy (non-hydrogen) atoms. The van der Waals surface area contributed by atoms with Crippen molar-refractivity contribution in [2.24, 2.45) is 5.92 Å². The highest BCUT2D eigenvalue weighted by atomic mass is 19.4. The van der Waals surface area contributed by atoms with Gasteiger partial charge in [0.15, 0.2) is 0 Å². The number of hydrogen-bond donors (Lipinski definition) is 2. The number of amides is 2. The Labute approximate surface area is 140 Å².